The van der Waals surface area contributed by atoms with Crippen LogP contribution in [0.4, 0.5) is 5.69 Å². The fraction of sp³-hybridized carbons (Fsp3) is 0.200. The predicted octanol–water partition coefficient (Wildman–Crippen LogP) is 4.04. The second kappa shape index (κ2) is 9.96. The van der Waals surface area contributed by atoms with Crippen LogP contribution in [0.25, 0.3) is 0 Å². The molecule has 0 fully saturated rings. The lowest BCUT2D eigenvalue weighted by Gasteiger charge is -2.08. The first-order valence-electron chi connectivity index (χ1n) is 8.44. The number of aliphatic imine (C=N–C) groups is 1. The molecule has 1 aromatic heterocycles. The second-order valence-electron chi connectivity index (χ2n) is 5.90. The van der Waals surface area contributed by atoms with Crippen molar-refractivity contribution in [1.29, 1.82) is 0 Å². The molecule has 3 aromatic rings. The number of hydrogen-bond acceptors (Lipinski definition) is 2. The van der Waals surface area contributed by atoms with Crippen LogP contribution in [-0.2, 0) is 19.5 Å². The highest BCUT2D eigenvalue weighted by molar-refractivity contribution is 14.0. The molecule has 0 saturated carbocycles. The molecule has 136 valence electrons. The molecule has 3 N–H and O–H groups in total. The highest BCUT2D eigenvalue weighted by atomic mass is 127. The molecule has 0 bridgehead atoms. The van der Waals surface area contributed by atoms with Gasteiger partial charge in [0.05, 0.1) is 13.1 Å². The number of halogens is 1. The van der Waals surface area contributed by atoms with Crippen LogP contribution >= 0.6 is 24.0 Å². The first-order chi connectivity index (χ1) is 12.2. The number of nitrogens with one attached hydrogen (secondary N) is 1. The van der Waals surface area contributed by atoms with Crippen LogP contribution in [0.5, 0.6) is 0 Å². The summed E-state index contributed by atoms with van der Waals surface area (Å²) in [6, 6.07) is 18.5. The normalized spacial score (nSPS) is 11.0. The van der Waals surface area contributed by atoms with Crippen molar-refractivity contribution in [1.82, 2.24) is 9.78 Å². The van der Waals surface area contributed by atoms with Gasteiger partial charge in [0.2, 0.25) is 0 Å². The summed E-state index contributed by atoms with van der Waals surface area (Å²) in [5.74, 6) is 0.422. The number of benzene rings is 2. The number of aromatic nitrogens is 2. The molecule has 0 spiro atoms. The largest absolute Gasteiger partial charge is 0.370 e. The van der Waals surface area contributed by atoms with Gasteiger partial charge in [-0.25, -0.2) is 4.99 Å². The third-order valence-corrected chi connectivity index (χ3v) is 3.93. The Bertz CT molecular complexity index is 843. The van der Waals surface area contributed by atoms with Gasteiger partial charge in [-0.1, -0.05) is 43.3 Å². The van der Waals surface area contributed by atoms with Crippen LogP contribution in [0.1, 0.15) is 23.6 Å². The van der Waals surface area contributed by atoms with E-state index in [0.717, 1.165) is 24.2 Å². The molecule has 1 heterocycles. The SMILES string of the molecule is CCc1cccc(NC(N)=NCc2cccc(Cn3cccn3)c2)c1.I. The zero-order chi connectivity index (χ0) is 17.5. The lowest BCUT2D eigenvalue weighted by Crippen LogP contribution is -2.22. The van der Waals surface area contributed by atoms with E-state index >= 15 is 0 Å². The summed E-state index contributed by atoms with van der Waals surface area (Å²) in [5.41, 5.74) is 10.6. The van der Waals surface area contributed by atoms with Crippen molar-refractivity contribution in [2.24, 2.45) is 10.7 Å². The average molecular weight is 461 g/mol. The maximum atomic E-state index is 6.02. The second-order valence-corrected chi connectivity index (χ2v) is 5.90. The Morgan fingerprint density at radius 1 is 1.08 bits per heavy atom. The minimum absolute atomic E-state index is 0. The zero-order valence-corrected chi connectivity index (χ0v) is 17.1. The number of hydrogen-bond donors (Lipinski definition) is 2. The molecule has 0 aliphatic heterocycles. The van der Waals surface area contributed by atoms with Gasteiger partial charge in [-0.05, 0) is 41.3 Å². The van der Waals surface area contributed by atoms with Gasteiger partial charge < -0.3 is 11.1 Å². The quantitative estimate of drug-likeness (QED) is 0.331. The van der Waals surface area contributed by atoms with Gasteiger partial charge in [-0.15, -0.1) is 24.0 Å². The van der Waals surface area contributed by atoms with Crippen molar-refractivity contribution < 1.29 is 0 Å². The summed E-state index contributed by atoms with van der Waals surface area (Å²) >= 11 is 0. The van der Waals surface area contributed by atoms with E-state index in [1.54, 1.807) is 6.20 Å². The van der Waals surface area contributed by atoms with Crippen LogP contribution < -0.4 is 11.1 Å². The fourth-order valence-corrected chi connectivity index (χ4v) is 2.64. The summed E-state index contributed by atoms with van der Waals surface area (Å²) in [7, 11) is 0. The van der Waals surface area contributed by atoms with E-state index in [0.29, 0.717) is 12.5 Å². The Morgan fingerprint density at radius 3 is 2.62 bits per heavy atom. The monoisotopic (exact) mass is 461 g/mol. The van der Waals surface area contributed by atoms with E-state index in [9.17, 15) is 0 Å². The predicted molar refractivity (Wildman–Crippen MR) is 118 cm³/mol. The third kappa shape index (κ3) is 5.87. The van der Waals surface area contributed by atoms with Crippen LogP contribution in [0.3, 0.4) is 0 Å². The molecule has 26 heavy (non-hydrogen) atoms. The minimum atomic E-state index is 0. The number of guanidine groups is 1. The molecular formula is C20H24IN5. The molecular weight excluding hydrogens is 437 g/mol. The van der Waals surface area contributed by atoms with Gasteiger partial charge in [0.15, 0.2) is 5.96 Å². The molecule has 0 saturated heterocycles. The summed E-state index contributed by atoms with van der Waals surface area (Å²) < 4.78 is 1.90. The molecule has 0 amide bonds. The van der Waals surface area contributed by atoms with Crippen molar-refractivity contribution >= 4 is 35.6 Å². The van der Waals surface area contributed by atoms with Crippen molar-refractivity contribution in [2.45, 2.75) is 26.4 Å². The van der Waals surface area contributed by atoms with Crippen LogP contribution in [0.15, 0.2) is 72.0 Å². The molecule has 2 aromatic carbocycles. The van der Waals surface area contributed by atoms with E-state index in [-0.39, 0.29) is 24.0 Å². The number of aryl methyl sites for hydroxylation is 1. The van der Waals surface area contributed by atoms with Crippen molar-refractivity contribution in [3.8, 4) is 0 Å². The molecule has 0 radical (unpaired) electrons. The standard InChI is InChI=1S/C20H23N5.HI/c1-2-16-6-4-9-19(13-16)24-20(21)22-14-17-7-3-8-18(12-17)15-25-11-5-10-23-25;/h3-13H,2,14-15H2,1H3,(H3,21,22,24);1H. The van der Waals surface area contributed by atoms with E-state index in [1.165, 1.54) is 11.1 Å². The van der Waals surface area contributed by atoms with Gasteiger partial charge in [0, 0.05) is 18.1 Å². The van der Waals surface area contributed by atoms with E-state index in [4.69, 9.17) is 5.73 Å². The van der Waals surface area contributed by atoms with E-state index < -0.39 is 0 Å². The van der Waals surface area contributed by atoms with Crippen LogP contribution in [-0.4, -0.2) is 15.7 Å². The number of nitrogens with two attached hydrogens (primary N) is 1. The summed E-state index contributed by atoms with van der Waals surface area (Å²) in [6.07, 6.45) is 4.74. The molecule has 0 aliphatic rings. The average Bonchev–Trinajstić information content (AvgIpc) is 3.13. The van der Waals surface area contributed by atoms with E-state index in [1.807, 2.05) is 35.1 Å². The summed E-state index contributed by atoms with van der Waals surface area (Å²) in [6.45, 7) is 3.42. The topological polar surface area (TPSA) is 68.2 Å². The maximum absolute atomic E-state index is 6.02. The Kier molecular flexibility index (Phi) is 7.65. The molecule has 5 nitrogen and oxygen atoms in total. The smallest absolute Gasteiger partial charge is 0.193 e. The van der Waals surface area contributed by atoms with Crippen LogP contribution in [0, 0.1) is 0 Å². The molecule has 0 atom stereocenters. The molecule has 3 rings (SSSR count). The fourth-order valence-electron chi connectivity index (χ4n) is 2.64. The van der Waals surface area contributed by atoms with Gasteiger partial charge in [-0.2, -0.15) is 5.10 Å². The Labute approximate surface area is 171 Å². The van der Waals surface area contributed by atoms with E-state index in [2.05, 4.69) is 52.7 Å². The lowest BCUT2D eigenvalue weighted by atomic mass is 10.1. The Hall–Kier alpha value is -2.35. The van der Waals surface area contributed by atoms with Crippen molar-refractivity contribution in [3.05, 3.63) is 83.7 Å². The first-order valence-corrected chi connectivity index (χ1v) is 8.44. The Balaban J connectivity index is 0.00000243. The molecule has 6 heteroatoms. The summed E-state index contributed by atoms with van der Waals surface area (Å²) in [4.78, 5) is 4.44. The highest BCUT2D eigenvalue weighted by Gasteiger charge is 2.00. The van der Waals surface area contributed by atoms with Crippen molar-refractivity contribution in [3.63, 3.8) is 0 Å². The van der Waals surface area contributed by atoms with Gasteiger partial charge in [-0.3, -0.25) is 4.68 Å². The molecule has 0 aliphatic carbocycles. The molecule has 0 unspecified atom stereocenters. The highest BCUT2D eigenvalue weighted by Crippen LogP contribution is 2.11. The third-order valence-electron chi connectivity index (χ3n) is 3.93. The van der Waals surface area contributed by atoms with Gasteiger partial charge in [0.1, 0.15) is 0 Å². The number of anilines is 1. The first kappa shape index (κ1) is 20.0. The number of nitrogens with zero attached hydrogens (tertiary/aromatic N) is 3. The van der Waals surface area contributed by atoms with Crippen molar-refractivity contribution in [2.75, 3.05) is 5.32 Å². The minimum Gasteiger partial charge on any atom is -0.370 e. The lowest BCUT2D eigenvalue weighted by molar-refractivity contribution is 0.686. The zero-order valence-electron chi connectivity index (χ0n) is 14.8. The number of rotatable bonds is 6. The van der Waals surface area contributed by atoms with Gasteiger partial charge >= 0.3 is 0 Å². The van der Waals surface area contributed by atoms with Crippen LogP contribution in [0.2, 0.25) is 0 Å². The Morgan fingerprint density at radius 2 is 1.85 bits per heavy atom. The van der Waals surface area contributed by atoms with Gasteiger partial charge in [0.25, 0.3) is 0 Å². The maximum Gasteiger partial charge on any atom is 0.193 e. The summed E-state index contributed by atoms with van der Waals surface area (Å²) in [5, 5.41) is 7.39.